The van der Waals surface area contributed by atoms with Crippen LogP contribution >= 0.6 is 24.0 Å². The Balaban J connectivity index is 2.77. The third kappa shape index (κ3) is 5.39. The highest BCUT2D eigenvalue weighted by Crippen LogP contribution is 2.11. The fourth-order valence-electron chi connectivity index (χ4n) is 1.27. The number of benzene rings is 1. The van der Waals surface area contributed by atoms with Crippen LogP contribution in [0.1, 0.15) is 12.5 Å². The lowest BCUT2D eigenvalue weighted by atomic mass is 10.1. The van der Waals surface area contributed by atoms with Crippen molar-refractivity contribution in [1.29, 1.82) is 0 Å². The Morgan fingerprint density at radius 1 is 1.47 bits per heavy atom. The molecule has 0 aliphatic heterocycles. The summed E-state index contributed by atoms with van der Waals surface area (Å²) in [5, 5.41) is 10.6. The van der Waals surface area contributed by atoms with Crippen molar-refractivity contribution in [3.63, 3.8) is 0 Å². The number of hydrogen-bond donors (Lipinski definition) is 5. The van der Waals surface area contributed by atoms with Gasteiger partial charge in [-0.2, -0.15) is 9.94 Å². The molecular weight excluding hydrogens is 284 g/mol. The molecule has 104 valence electrons. The van der Waals surface area contributed by atoms with E-state index in [2.05, 4.69) is 26.0 Å². The van der Waals surface area contributed by atoms with Crippen LogP contribution in [0.3, 0.4) is 0 Å². The number of thiocarbonyl (C=S) groups is 1. The molecule has 0 aliphatic rings. The molecule has 1 atom stereocenters. The summed E-state index contributed by atoms with van der Waals surface area (Å²) < 4.78 is 0. The maximum absolute atomic E-state index is 5.51. The van der Waals surface area contributed by atoms with Crippen LogP contribution in [0, 0.1) is 0 Å². The van der Waals surface area contributed by atoms with E-state index in [-0.39, 0.29) is 0 Å². The van der Waals surface area contributed by atoms with Gasteiger partial charge < -0.3 is 10.6 Å². The highest BCUT2D eigenvalue weighted by Gasteiger charge is 2.02. The SMILES string of the molecule is CNC(=S)Nc1cccc(/C(C)=N/NC(N)NCl)c1. The number of nitrogens with zero attached hydrogens (tertiary/aromatic N) is 1. The predicted molar refractivity (Wildman–Crippen MR) is 84.0 cm³/mol. The van der Waals surface area contributed by atoms with Crippen LogP contribution in [0.25, 0.3) is 0 Å². The van der Waals surface area contributed by atoms with Crippen molar-refractivity contribution in [2.75, 3.05) is 12.4 Å². The van der Waals surface area contributed by atoms with Crippen LogP contribution < -0.4 is 26.6 Å². The topological polar surface area (TPSA) is 86.5 Å². The van der Waals surface area contributed by atoms with E-state index in [4.69, 9.17) is 29.7 Å². The van der Waals surface area contributed by atoms with Gasteiger partial charge in [-0.05, 0) is 48.6 Å². The van der Waals surface area contributed by atoms with Gasteiger partial charge in [0.2, 0.25) is 0 Å². The van der Waals surface area contributed by atoms with E-state index >= 15 is 0 Å². The molecule has 0 spiro atoms. The molecule has 0 fully saturated rings. The molecule has 6 nitrogen and oxygen atoms in total. The van der Waals surface area contributed by atoms with Crippen molar-refractivity contribution >= 4 is 40.5 Å². The van der Waals surface area contributed by atoms with Crippen molar-refractivity contribution in [3.05, 3.63) is 29.8 Å². The first kappa shape index (κ1) is 15.6. The summed E-state index contributed by atoms with van der Waals surface area (Å²) >= 11 is 10.4. The van der Waals surface area contributed by atoms with Crippen molar-refractivity contribution in [2.24, 2.45) is 10.8 Å². The molecule has 1 unspecified atom stereocenters. The fourth-order valence-corrected chi connectivity index (χ4v) is 1.44. The summed E-state index contributed by atoms with van der Waals surface area (Å²) in [6, 6.07) is 7.70. The second kappa shape index (κ2) is 7.90. The monoisotopic (exact) mass is 300 g/mol. The molecule has 0 bridgehead atoms. The molecule has 0 aliphatic carbocycles. The Kier molecular flexibility index (Phi) is 6.51. The van der Waals surface area contributed by atoms with Crippen LogP contribution in [0.5, 0.6) is 0 Å². The zero-order valence-electron chi connectivity index (χ0n) is 10.7. The summed E-state index contributed by atoms with van der Waals surface area (Å²) in [6.45, 7) is 1.86. The smallest absolute Gasteiger partial charge is 0.170 e. The lowest BCUT2D eigenvalue weighted by Gasteiger charge is -2.10. The molecule has 1 aromatic carbocycles. The number of hydrogen-bond acceptors (Lipinski definition) is 5. The Morgan fingerprint density at radius 2 is 2.21 bits per heavy atom. The summed E-state index contributed by atoms with van der Waals surface area (Å²) in [5.74, 6) is 0. The van der Waals surface area contributed by atoms with Gasteiger partial charge in [-0.25, -0.2) is 0 Å². The first-order chi connectivity index (χ1) is 9.06. The zero-order chi connectivity index (χ0) is 14.3. The van der Waals surface area contributed by atoms with Crippen LogP contribution in [0.2, 0.25) is 0 Å². The van der Waals surface area contributed by atoms with Gasteiger partial charge in [0.25, 0.3) is 0 Å². The molecule has 0 amide bonds. The van der Waals surface area contributed by atoms with Crippen molar-refractivity contribution in [1.82, 2.24) is 15.6 Å². The second-order valence-electron chi connectivity index (χ2n) is 3.70. The molecule has 0 radical (unpaired) electrons. The van der Waals surface area contributed by atoms with Gasteiger partial charge in [-0.3, -0.25) is 11.2 Å². The van der Waals surface area contributed by atoms with Gasteiger partial charge >= 0.3 is 0 Å². The van der Waals surface area contributed by atoms with Gasteiger partial charge in [-0.15, -0.1) is 0 Å². The van der Waals surface area contributed by atoms with Crippen LogP contribution in [-0.4, -0.2) is 24.2 Å². The number of nitrogens with one attached hydrogen (secondary N) is 4. The first-order valence-corrected chi connectivity index (χ1v) is 6.36. The van der Waals surface area contributed by atoms with Crippen molar-refractivity contribution in [3.8, 4) is 0 Å². The molecule has 0 saturated carbocycles. The number of anilines is 1. The minimum atomic E-state index is -0.602. The minimum Gasteiger partial charge on any atom is -0.366 e. The molecule has 1 rings (SSSR count). The first-order valence-electron chi connectivity index (χ1n) is 5.57. The highest BCUT2D eigenvalue weighted by atomic mass is 35.5. The number of halogens is 1. The Morgan fingerprint density at radius 3 is 2.84 bits per heavy atom. The number of hydrazone groups is 1. The van der Waals surface area contributed by atoms with Gasteiger partial charge in [0, 0.05) is 12.7 Å². The summed E-state index contributed by atoms with van der Waals surface area (Å²) in [7, 11) is 1.76. The molecule has 0 saturated heterocycles. The number of nitrogens with two attached hydrogens (primary N) is 1. The van der Waals surface area contributed by atoms with Gasteiger partial charge in [0.05, 0.1) is 5.71 Å². The number of rotatable bonds is 5. The zero-order valence-corrected chi connectivity index (χ0v) is 12.3. The maximum Gasteiger partial charge on any atom is 0.170 e. The Bertz CT molecular complexity index is 464. The molecule has 1 aromatic rings. The molecular formula is C11H17ClN6S. The quantitative estimate of drug-likeness (QED) is 0.183. The predicted octanol–water partition coefficient (Wildman–Crippen LogP) is 0.902. The van der Waals surface area contributed by atoms with Crippen LogP contribution in [0.15, 0.2) is 29.4 Å². The fraction of sp³-hybridized carbons (Fsp3) is 0.273. The van der Waals surface area contributed by atoms with E-state index in [0.717, 1.165) is 17.0 Å². The Hall–Kier alpha value is -1.41. The summed E-state index contributed by atoms with van der Waals surface area (Å²) in [4.78, 5) is 2.31. The highest BCUT2D eigenvalue weighted by molar-refractivity contribution is 7.80. The van der Waals surface area contributed by atoms with E-state index in [0.29, 0.717) is 5.11 Å². The molecule has 0 heterocycles. The summed E-state index contributed by atoms with van der Waals surface area (Å²) in [6.07, 6.45) is -0.602. The molecule has 19 heavy (non-hydrogen) atoms. The van der Waals surface area contributed by atoms with Crippen molar-refractivity contribution in [2.45, 2.75) is 13.2 Å². The average molecular weight is 301 g/mol. The molecule has 8 heteroatoms. The molecule has 6 N–H and O–H groups in total. The lowest BCUT2D eigenvalue weighted by molar-refractivity contribution is 0.533. The van der Waals surface area contributed by atoms with Crippen LogP contribution in [-0.2, 0) is 0 Å². The third-order valence-corrected chi connectivity index (χ3v) is 2.80. The van der Waals surface area contributed by atoms with E-state index < -0.39 is 6.29 Å². The van der Waals surface area contributed by atoms with Gasteiger partial charge in [0.15, 0.2) is 11.4 Å². The normalized spacial score (nSPS) is 12.7. The minimum absolute atomic E-state index is 0.554. The van der Waals surface area contributed by atoms with E-state index in [1.54, 1.807) is 7.05 Å². The maximum atomic E-state index is 5.51. The lowest BCUT2D eigenvalue weighted by Crippen LogP contribution is -2.42. The average Bonchev–Trinajstić information content (AvgIpc) is 2.44. The van der Waals surface area contributed by atoms with Gasteiger partial charge in [-0.1, -0.05) is 12.1 Å². The largest absolute Gasteiger partial charge is 0.366 e. The standard InChI is InChI=1S/C11H17ClN6S/c1-7(17-18-10(13)16-12)8-4-3-5-9(6-8)15-11(19)14-2/h3-6,10,16,18H,13H2,1-2H3,(H2,14,15,19)/b17-7+. The van der Waals surface area contributed by atoms with E-state index in [1.165, 1.54) is 0 Å². The molecule has 0 aromatic heterocycles. The van der Waals surface area contributed by atoms with Gasteiger partial charge in [0.1, 0.15) is 0 Å². The Labute approximate surface area is 122 Å². The van der Waals surface area contributed by atoms with E-state index in [9.17, 15) is 0 Å². The van der Waals surface area contributed by atoms with E-state index in [1.807, 2.05) is 31.2 Å². The second-order valence-corrected chi connectivity index (χ2v) is 4.32. The van der Waals surface area contributed by atoms with Crippen molar-refractivity contribution < 1.29 is 0 Å². The van der Waals surface area contributed by atoms with Crippen LogP contribution in [0.4, 0.5) is 5.69 Å². The third-order valence-electron chi connectivity index (χ3n) is 2.25. The summed E-state index contributed by atoms with van der Waals surface area (Å²) in [5.41, 5.74) is 10.8.